The Morgan fingerprint density at radius 3 is 2.46 bits per heavy atom. The van der Waals surface area contributed by atoms with E-state index in [0.29, 0.717) is 5.56 Å². The second-order valence-corrected chi connectivity index (χ2v) is 8.02. The molecule has 3 rings (SSSR count). The van der Waals surface area contributed by atoms with Crippen molar-refractivity contribution in [3.63, 3.8) is 0 Å². The van der Waals surface area contributed by atoms with E-state index >= 15 is 0 Å². The minimum absolute atomic E-state index is 0.400. The number of β-lactam (4-membered cyclic amide) rings is 1. The molecule has 2 aliphatic heterocycles. The maximum absolute atomic E-state index is 12.7. The third-order valence-corrected chi connectivity index (χ3v) is 6.01. The average molecular weight is 350 g/mol. The highest BCUT2D eigenvalue weighted by Crippen LogP contribution is 2.55. The molecule has 2 N–H and O–H groups in total. The minimum atomic E-state index is -1.54. The Labute approximate surface area is 143 Å². The lowest BCUT2D eigenvalue weighted by atomic mass is 9.93. The van der Waals surface area contributed by atoms with Crippen LogP contribution in [-0.2, 0) is 14.3 Å². The zero-order valence-electron chi connectivity index (χ0n) is 13.5. The van der Waals surface area contributed by atoms with Crippen molar-refractivity contribution in [1.82, 2.24) is 10.2 Å². The number of carboxylic acids is 1. The Balaban J connectivity index is 1.89. The summed E-state index contributed by atoms with van der Waals surface area (Å²) in [5.74, 6) is -2.05. The maximum Gasteiger partial charge on any atom is 0.327 e. The summed E-state index contributed by atoms with van der Waals surface area (Å²) < 4.78 is 4.69. The molecule has 0 radical (unpaired) electrons. The zero-order chi connectivity index (χ0) is 17.7. The fourth-order valence-electron chi connectivity index (χ4n) is 3.21. The van der Waals surface area contributed by atoms with Crippen LogP contribution in [0.4, 0.5) is 0 Å². The Hall–Kier alpha value is -2.06. The number of nitrogens with one attached hydrogen (secondary N) is 1. The Kier molecular flexibility index (Phi) is 3.84. The normalized spacial score (nSPS) is 30.5. The number of carbonyl (C=O) groups excluding carboxylic acids is 2. The van der Waals surface area contributed by atoms with Crippen molar-refractivity contribution in [2.75, 3.05) is 7.11 Å². The van der Waals surface area contributed by atoms with E-state index in [1.165, 1.54) is 23.8 Å². The SMILES string of the molecule is CO[C@@]1(NC(=O)c2ccccc2)C(=O)N2[C@@H](C(=O)O)C(C)(C)S[C@@H]21. The molecule has 1 aromatic rings. The van der Waals surface area contributed by atoms with E-state index in [0.717, 1.165) is 0 Å². The monoisotopic (exact) mass is 350 g/mol. The van der Waals surface area contributed by atoms with Crippen LogP contribution in [-0.4, -0.2) is 56.8 Å². The number of carbonyl (C=O) groups is 3. The molecule has 0 aromatic heterocycles. The van der Waals surface area contributed by atoms with Crippen LogP contribution in [0.3, 0.4) is 0 Å². The number of aliphatic carboxylic acids is 1. The van der Waals surface area contributed by atoms with Crippen LogP contribution in [0.15, 0.2) is 30.3 Å². The van der Waals surface area contributed by atoms with E-state index in [1.807, 2.05) is 0 Å². The fraction of sp³-hybridized carbons (Fsp3) is 0.438. The molecule has 0 unspecified atom stereocenters. The lowest BCUT2D eigenvalue weighted by molar-refractivity contribution is -0.197. The van der Waals surface area contributed by atoms with Crippen LogP contribution in [0.2, 0.25) is 0 Å². The first kappa shape index (κ1) is 16.8. The molecule has 24 heavy (non-hydrogen) atoms. The molecule has 0 spiro atoms. The number of nitrogens with zero attached hydrogens (tertiary/aromatic N) is 1. The predicted molar refractivity (Wildman–Crippen MR) is 87.4 cm³/mol. The Bertz CT molecular complexity index is 708. The molecule has 3 atom stereocenters. The quantitative estimate of drug-likeness (QED) is 0.619. The van der Waals surface area contributed by atoms with Crippen LogP contribution < -0.4 is 5.32 Å². The third-order valence-electron chi connectivity index (χ3n) is 4.40. The van der Waals surface area contributed by atoms with Crippen molar-refractivity contribution in [3.8, 4) is 0 Å². The predicted octanol–water partition coefficient (Wildman–Crippen LogP) is 0.906. The Morgan fingerprint density at radius 2 is 1.92 bits per heavy atom. The van der Waals surface area contributed by atoms with E-state index < -0.39 is 39.7 Å². The smallest absolute Gasteiger partial charge is 0.327 e. The minimum Gasteiger partial charge on any atom is -0.480 e. The van der Waals surface area contributed by atoms with Gasteiger partial charge in [0, 0.05) is 17.4 Å². The summed E-state index contributed by atoms with van der Waals surface area (Å²) in [6.07, 6.45) is 0. The van der Waals surface area contributed by atoms with Crippen molar-refractivity contribution >= 4 is 29.5 Å². The van der Waals surface area contributed by atoms with Gasteiger partial charge >= 0.3 is 5.97 Å². The third kappa shape index (κ3) is 2.21. The van der Waals surface area contributed by atoms with Gasteiger partial charge in [0.2, 0.25) is 0 Å². The lowest BCUT2D eigenvalue weighted by Gasteiger charge is -2.51. The maximum atomic E-state index is 12.7. The number of hydrogen-bond acceptors (Lipinski definition) is 5. The first-order valence-corrected chi connectivity index (χ1v) is 8.28. The second kappa shape index (κ2) is 5.49. The average Bonchev–Trinajstić information content (AvgIpc) is 2.82. The van der Waals surface area contributed by atoms with Crippen molar-refractivity contribution in [2.24, 2.45) is 0 Å². The lowest BCUT2D eigenvalue weighted by Crippen LogP contribution is -2.80. The molecule has 2 heterocycles. The first-order chi connectivity index (χ1) is 11.2. The van der Waals surface area contributed by atoms with Crippen molar-refractivity contribution in [2.45, 2.75) is 35.7 Å². The molecule has 0 aliphatic carbocycles. The molecule has 1 aromatic carbocycles. The van der Waals surface area contributed by atoms with Gasteiger partial charge in [-0.2, -0.15) is 0 Å². The second-order valence-electron chi connectivity index (χ2n) is 6.29. The van der Waals surface area contributed by atoms with Crippen LogP contribution in [0, 0.1) is 0 Å². The van der Waals surface area contributed by atoms with E-state index in [1.54, 1.807) is 44.2 Å². The van der Waals surface area contributed by atoms with Gasteiger partial charge in [-0.15, -0.1) is 11.8 Å². The van der Waals surface area contributed by atoms with E-state index in [9.17, 15) is 19.5 Å². The van der Waals surface area contributed by atoms with Gasteiger partial charge in [0.25, 0.3) is 17.5 Å². The summed E-state index contributed by atoms with van der Waals surface area (Å²) in [5.41, 5.74) is -1.14. The number of fused-ring (bicyclic) bond motifs is 1. The van der Waals surface area contributed by atoms with Crippen LogP contribution in [0.25, 0.3) is 0 Å². The Morgan fingerprint density at radius 1 is 1.29 bits per heavy atom. The van der Waals surface area contributed by atoms with Crippen LogP contribution >= 0.6 is 11.8 Å². The molecule has 8 heteroatoms. The van der Waals surface area contributed by atoms with E-state index in [2.05, 4.69) is 5.32 Å². The van der Waals surface area contributed by atoms with Crippen molar-refractivity contribution < 1.29 is 24.2 Å². The topological polar surface area (TPSA) is 95.9 Å². The molecule has 7 nitrogen and oxygen atoms in total. The summed E-state index contributed by atoms with van der Waals surface area (Å²) in [6.45, 7) is 3.53. The summed E-state index contributed by atoms with van der Waals surface area (Å²) in [5, 5.41) is 11.5. The van der Waals surface area contributed by atoms with Gasteiger partial charge in [0.1, 0.15) is 11.4 Å². The van der Waals surface area contributed by atoms with E-state index in [-0.39, 0.29) is 0 Å². The fourth-order valence-corrected chi connectivity index (χ4v) is 4.89. The zero-order valence-corrected chi connectivity index (χ0v) is 14.3. The standard InChI is InChI=1S/C16H18N2O5S/c1-15(2)10(12(20)21)18-13(22)16(23-3,14(18)24-15)17-11(19)9-7-5-4-6-8-9/h4-8,10,14H,1-3H3,(H,17,19)(H,20,21)/t10-,14+,16-/m0/s1. The molecule has 2 saturated heterocycles. The summed E-state index contributed by atoms with van der Waals surface area (Å²) >= 11 is 1.31. The molecule has 2 fully saturated rings. The molecule has 2 aliphatic rings. The van der Waals surface area contributed by atoms with Gasteiger partial charge in [-0.05, 0) is 26.0 Å². The van der Waals surface area contributed by atoms with Gasteiger partial charge in [0.05, 0.1) is 0 Å². The van der Waals surface area contributed by atoms with Crippen molar-refractivity contribution in [1.29, 1.82) is 0 Å². The molecule has 0 bridgehead atoms. The summed E-state index contributed by atoms with van der Waals surface area (Å²) in [7, 11) is 1.34. The number of benzene rings is 1. The number of hydrogen-bond donors (Lipinski definition) is 2. The van der Waals surface area contributed by atoms with Crippen molar-refractivity contribution in [3.05, 3.63) is 35.9 Å². The number of ether oxygens (including phenoxy) is 1. The molecule has 128 valence electrons. The van der Waals surface area contributed by atoms with Gasteiger partial charge in [-0.25, -0.2) is 4.79 Å². The molecule has 2 amide bonds. The van der Waals surface area contributed by atoms with Gasteiger partial charge in [-0.1, -0.05) is 18.2 Å². The number of thioether (sulfide) groups is 1. The number of carboxylic acid groups (broad SMARTS) is 1. The van der Waals surface area contributed by atoms with E-state index in [4.69, 9.17) is 4.74 Å². The number of methoxy groups -OCH3 is 1. The number of rotatable bonds is 4. The molecular formula is C16H18N2O5S. The summed E-state index contributed by atoms with van der Waals surface area (Å²) in [6, 6.07) is 7.52. The number of amides is 2. The van der Waals surface area contributed by atoms with Crippen LogP contribution in [0.1, 0.15) is 24.2 Å². The highest BCUT2D eigenvalue weighted by atomic mass is 32.2. The highest BCUT2D eigenvalue weighted by Gasteiger charge is 2.73. The first-order valence-electron chi connectivity index (χ1n) is 7.40. The van der Waals surface area contributed by atoms with Gasteiger partial charge < -0.3 is 20.1 Å². The largest absolute Gasteiger partial charge is 0.480 e. The van der Waals surface area contributed by atoms with Crippen LogP contribution in [0.5, 0.6) is 0 Å². The molecular weight excluding hydrogens is 332 g/mol. The van der Waals surface area contributed by atoms with Gasteiger partial charge in [0.15, 0.2) is 0 Å². The molecule has 0 saturated carbocycles. The van der Waals surface area contributed by atoms with Gasteiger partial charge in [-0.3, -0.25) is 9.59 Å². The summed E-state index contributed by atoms with van der Waals surface area (Å²) in [4.78, 5) is 38.0. The highest BCUT2D eigenvalue weighted by molar-refractivity contribution is 8.01.